The van der Waals surface area contributed by atoms with Crippen LogP contribution < -0.4 is 0 Å². The van der Waals surface area contributed by atoms with Gasteiger partial charge in [-0.05, 0) is 50.4 Å². The molecule has 1 nitrogen and oxygen atoms in total. The summed E-state index contributed by atoms with van der Waals surface area (Å²) in [6, 6.07) is 0. The van der Waals surface area contributed by atoms with Gasteiger partial charge in [-0.2, -0.15) is 0 Å². The second kappa shape index (κ2) is 4.85. The molecule has 4 unspecified atom stereocenters. The van der Waals surface area contributed by atoms with Gasteiger partial charge in [-0.3, -0.25) is 0 Å². The fourth-order valence-electron chi connectivity index (χ4n) is 2.87. The summed E-state index contributed by atoms with van der Waals surface area (Å²) < 4.78 is 5.68. The molecule has 1 heterocycles. The summed E-state index contributed by atoms with van der Waals surface area (Å²) in [5.41, 5.74) is 0. The maximum absolute atomic E-state index is 6.37. The van der Waals surface area contributed by atoms with E-state index in [1.165, 1.54) is 38.5 Å². The largest absolute Gasteiger partial charge is 0.378 e. The van der Waals surface area contributed by atoms with E-state index in [4.69, 9.17) is 16.3 Å². The molecule has 0 aromatic rings. The molecule has 0 amide bonds. The van der Waals surface area contributed by atoms with Crippen molar-refractivity contribution in [3.8, 4) is 0 Å². The third-order valence-electron chi connectivity index (χ3n) is 3.74. The zero-order chi connectivity index (χ0) is 9.97. The number of rotatable bonds is 2. The molecule has 0 spiro atoms. The van der Waals surface area contributed by atoms with E-state index >= 15 is 0 Å². The minimum Gasteiger partial charge on any atom is -0.378 e. The van der Waals surface area contributed by atoms with Gasteiger partial charge in [0.2, 0.25) is 0 Å². The van der Waals surface area contributed by atoms with Crippen molar-refractivity contribution in [2.24, 2.45) is 11.8 Å². The number of hydrogen-bond acceptors (Lipinski definition) is 1. The molecule has 0 bridgehead atoms. The molecule has 1 aliphatic heterocycles. The minimum atomic E-state index is 0.412. The Bertz CT molecular complexity index is 177. The molecule has 0 aromatic carbocycles. The van der Waals surface area contributed by atoms with E-state index in [1.54, 1.807) is 0 Å². The lowest BCUT2D eigenvalue weighted by molar-refractivity contribution is 0.0796. The lowest BCUT2D eigenvalue weighted by atomic mass is 9.79. The van der Waals surface area contributed by atoms with E-state index in [0.717, 1.165) is 12.5 Å². The van der Waals surface area contributed by atoms with E-state index < -0.39 is 0 Å². The number of halogens is 1. The number of alkyl halides is 1. The van der Waals surface area contributed by atoms with Crippen LogP contribution in [0.1, 0.15) is 45.4 Å². The van der Waals surface area contributed by atoms with Crippen molar-refractivity contribution in [2.75, 3.05) is 6.61 Å². The highest BCUT2D eigenvalue weighted by Gasteiger charge is 2.30. The molecule has 0 radical (unpaired) electrons. The summed E-state index contributed by atoms with van der Waals surface area (Å²) in [4.78, 5) is 0. The minimum absolute atomic E-state index is 0.412. The quantitative estimate of drug-likeness (QED) is 0.641. The Labute approximate surface area is 92.2 Å². The summed E-state index contributed by atoms with van der Waals surface area (Å²) in [6.07, 6.45) is 8.07. The normalized spacial score (nSPS) is 44.1. The van der Waals surface area contributed by atoms with Gasteiger partial charge >= 0.3 is 0 Å². The zero-order valence-electron chi connectivity index (χ0n) is 9.05. The average molecular weight is 217 g/mol. The van der Waals surface area contributed by atoms with E-state index in [2.05, 4.69) is 6.92 Å². The van der Waals surface area contributed by atoms with Crippen molar-refractivity contribution < 1.29 is 4.74 Å². The lowest BCUT2D eigenvalue weighted by Gasteiger charge is -2.32. The molecule has 2 aliphatic rings. The van der Waals surface area contributed by atoms with Crippen LogP contribution in [0.25, 0.3) is 0 Å². The van der Waals surface area contributed by atoms with Crippen LogP contribution >= 0.6 is 11.6 Å². The molecule has 0 N–H and O–H groups in total. The molecule has 1 saturated heterocycles. The Morgan fingerprint density at radius 3 is 2.86 bits per heavy atom. The highest BCUT2D eigenvalue weighted by atomic mass is 35.5. The highest BCUT2D eigenvalue weighted by Crippen LogP contribution is 2.36. The molecule has 14 heavy (non-hydrogen) atoms. The van der Waals surface area contributed by atoms with Gasteiger partial charge in [-0.1, -0.05) is 6.92 Å². The molecule has 2 fully saturated rings. The van der Waals surface area contributed by atoms with E-state index in [1.807, 2.05) is 0 Å². The Morgan fingerprint density at radius 2 is 2.14 bits per heavy atom. The van der Waals surface area contributed by atoms with Gasteiger partial charge in [0, 0.05) is 12.0 Å². The maximum atomic E-state index is 6.37. The summed E-state index contributed by atoms with van der Waals surface area (Å²) >= 11 is 6.37. The second-order valence-electron chi connectivity index (χ2n) is 5.07. The van der Waals surface area contributed by atoms with Crippen LogP contribution in [0.4, 0.5) is 0 Å². The van der Waals surface area contributed by atoms with Gasteiger partial charge in [-0.25, -0.2) is 0 Å². The summed E-state index contributed by atoms with van der Waals surface area (Å²) in [5, 5.41) is 0.412. The van der Waals surface area contributed by atoms with Crippen molar-refractivity contribution in [3.63, 3.8) is 0 Å². The van der Waals surface area contributed by atoms with Crippen LogP contribution in [-0.2, 0) is 4.74 Å². The zero-order valence-corrected chi connectivity index (χ0v) is 9.80. The highest BCUT2D eigenvalue weighted by molar-refractivity contribution is 6.20. The smallest absolute Gasteiger partial charge is 0.0579 e. The Kier molecular flexibility index (Phi) is 3.73. The van der Waals surface area contributed by atoms with Crippen LogP contribution in [0.3, 0.4) is 0 Å². The molecule has 4 atom stereocenters. The van der Waals surface area contributed by atoms with E-state index in [-0.39, 0.29) is 0 Å². The van der Waals surface area contributed by atoms with Crippen LogP contribution in [-0.4, -0.2) is 18.1 Å². The first-order valence-corrected chi connectivity index (χ1v) is 6.45. The third-order valence-corrected chi connectivity index (χ3v) is 4.32. The summed E-state index contributed by atoms with van der Waals surface area (Å²) in [6.45, 7) is 3.32. The number of ether oxygens (including phenoxy) is 1. The van der Waals surface area contributed by atoms with Gasteiger partial charge in [0.05, 0.1) is 6.10 Å². The van der Waals surface area contributed by atoms with E-state index in [9.17, 15) is 0 Å². The van der Waals surface area contributed by atoms with Crippen LogP contribution in [0.2, 0.25) is 0 Å². The van der Waals surface area contributed by atoms with Crippen molar-refractivity contribution >= 4 is 11.6 Å². The molecule has 2 rings (SSSR count). The van der Waals surface area contributed by atoms with E-state index in [0.29, 0.717) is 17.4 Å². The lowest BCUT2D eigenvalue weighted by Crippen LogP contribution is -2.27. The molecule has 0 aromatic heterocycles. The summed E-state index contributed by atoms with van der Waals surface area (Å²) in [5.74, 6) is 1.58. The predicted molar refractivity (Wildman–Crippen MR) is 59.7 cm³/mol. The average Bonchev–Trinajstić information content (AvgIpc) is 2.64. The van der Waals surface area contributed by atoms with Crippen molar-refractivity contribution in [2.45, 2.75) is 56.9 Å². The molecular weight excluding hydrogens is 196 g/mol. The first kappa shape index (κ1) is 10.8. The SMILES string of the molecule is CC1CCC(Cl)C(CC2CCCO2)C1. The van der Waals surface area contributed by atoms with Gasteiger partial charge in [0.15, 0.2) is 0 Å². The fraction of sp³-hybridized carbons (Fsp3) is 1.00. The van der Waals surface area contributed by atoms with Gasteiger partial charge in [-0.15, -0.1) is 11.6 Å². The second-order valence-corrected chi connectivity index (χ2v) is 5.63. The first-order chi connectivity index (χ1) is 6.75. The third kappa shape index (κ3) is 2.64. The topological polar surface area (TPSA) is 9.23 Å². The molecule has 82 valence electrons. The van der Waals surface area contributed by atoms with Crippen molar-refractivity contribution in [3.05, 3.63) is 0 Å². The molecule has 1 aliphatic carbocycles. The van der Waals surface area contributed by atoms with Crippen molar-refractivity contribution in [1.29, 1.82) is 0 Å². The summed E-state index contributed by atoms with van der Waals surface area (Å²) in [7, 11) is 0. The van der Waals surface area contributed by atoms with Crippen molar-refractivity contribution in [1.82, 2.24) is 0 Å². The maximum Gasteiger partial charge on any atom is 0.0579 e. The number of hydrogen-bond donors (Lipinski definition) is 0. The molecular formula is C12H21ClO. The standard InChI is InChI=1S/C12H21ClO/c1-9-4-5-12(13)10(7-9)8-11-3-2-6-14-11/h9-12H,2-8H2,1H3. The molecule has 1 saturated carbocycles. The van der Waals surface area contributed by atoms with Crippen LogP contribution in [0.5, 0.6) is 0 Å². The van der Waals surface area contributed by atoms with Gasteiger partial charge in [0.25, 0.3) is 0 Å². The first-order valence-electron chi connectivity index (χ1n) is 6.01. The fourth-order valence-corrected chi connectivity index (χ4v) is 3.21. The Balaban J connectivity index is 1.82. The molecule has 2 heteroatoms. The van der Waals surface area contributed by atoms with Crippen LogP contribution in [0.15, 0.2) is 0 Å². The Morgan fingerprint density at radius 1 is 1.29 bits per heavy atom. The van der Waals surface area contributed by atoms with Crippen LogP contribution in [0, 0.1) is 11.8 Å². The monoisotopic (exact) mass is 216 g/mol. The Hall–Kier alpha value is 0.250. The van der Waals surface area contributed by atoms with Gasteiger partial charge < -0.3 is 4.74 Å². The van der Waals surface area contributed by atoms with Gasteiger partial charge in [0.1, 0.15) is 0 Å². The predicted octanol–water partition coefficient (Wildman–Crippen LogP) is 3.60.